The van der Waals surface area contributed by atoms with E-state index in [1.54, 1.807) is 0 Å². The minimum atomic E-state index is 0.805. The molecule has 0 amide bonds. The molecule has 11 aromatic rings. The lowest BCUT2D eigenvalue weighted by atomic mass is 10.1. The second-order valence-corrected chi connectivity index (χ2v) is 14.2. The van der Waals surface area contributed by atoms with Gasteiger partial charge in [0.2, 0.25) is 0 Å². The minimum Gasteiger partial charge on any atom is -0.316 e. The topological polar surface area (TPSA) is 40.6 Å². The summed E-state index contributed by atoms with van der Waals surface area (Å²) in [5, 5.41) is 15.7. The molecule has 0 aliphatic heterocycles. The molecular weight excluding hydrogens is 655 g/mol. The number of para-hydroxylation sites is 1. The zero-order valence-electron chi connectivity index (χ0n) is 27.9. The first-order valence-corrected chi connectivity index (χ1v) is 18.2. The Balaban J connectivity index is 1.17. The van der Waals surface area contributed by atoms with E-state index in [0.29, 0.717) is 0 Å². The van der Waals surface area contributed by atoms with Crippen molar-refractivity contribution in [3.8, 4) is 39.8 Å². The van der Waals surface area contributed by atoms with Crippen LogP contribution in [0.15, 0.2) is 176 Å². The Hall–Kier alpha value is -6.76. The van der Waals surface area contributed by atoms with E-state index in [4.69, 9.17) is 10.2 Å². The zero-order valence-corrected chi connectivity index (χ0v) is 28.7. The average molecular weight is 684 g/mol. The van der Waals surface area contributed by atoms with Crippen molar-refractivity contribution in [2.45, 2.75) is 0 Å². The average Bonchev–Trinajstić information content (AvgIpc) is 4.00. The van der Waals surface area contributed by atoms with Crippen LogP contribution in [0.4, 0.5) is 0 Å². The first-order chi connectivity index (χ1) is 25.8. The quantitative estimate of drug-likeness (QED) is 0.181. The molecule has 0 radical (unpaired) electrons. The summed E-state index contributed by atoms with van der Waals surface area (Å²) in [7, 11) is 0. The summed E-state index contributed by atoms with van der Waals surface area (Å²) in [4.78, 5) is 0. The van der Waals surface area contributed by atoms with Gasteiger partial charge in [-0.05, 0) is 66.7 Å². The third-order valence-electron chi connectivity index (χ3n) is 10.2. The highest BCUT2D eigenvalue weighted by Gasteiger charge is 2.21. The minimum absolute atomic E-state index is 0.805. The number of rotatable bonds is 5. The van der Waals surface area contributed by atoms with Crippen LogP contribution < -0.4 is 0 Å². The van der Waals surface area contributed by atoms with Gasteiger partial charge < -0.3 is 9.13 Å². The summed E-state index contributed by atoms with van der Waals surface area (Å²) >= 11 is 1.87. The molecule has 0 spiro atoms. The van der Waals surface area contributed by atoms with Gasteiger partial charge >= 0.3 is 0 Å². The van der Waals surface area contributed by atoms with Gasteiger partial charge in [0.1, 0.15) is 0 Å². The number of hydrogen-bond donors (Lipinski definition) is 0. The fraction of sp³-hybridized carbons (Fsp3) is 0. The van der Waals surface area contributed by atoms with Crippen molar-refractivity contribution in [2.75, 3.05) is 0 Å². The first kappa shape index (κ1) is 29.0. The predicted octanol–water partition coefficient (Wildman–Crippen LogP) is 12.0. The van der Waals surface area contributed by atoms with Crippen LogP contribution in [-0.4, -0.2) is 23.9 Å². The van der Waals surface area contributed by atoms with Crippen LogP contribution in [0, 0.1) is 0 Å². The van der Waals surface area contributed by atoms with Crippen LogP contribution in [-0.2, 0) is 0 Å². The standard InChI is InChI=1S/C46H29N5S/c1-4-12-30(13-5-1)45-47-48-46(31-14-6-2-7-15-31)51(45)34-22-20-33(21-23-34)50-41-28-39-35-18-10-11-19-42(35)52-43(39)29-38(41)36-24-25-40-37(44(36)50)26-27-49(40)32-16-8-3-9-17-32/h1-29H. The summed E-state index contributed by atoms with van der Waals surface area (Å²) in [5.41, 5.74) is 8.84. The van der Waals surface area contributed by atoms with Crippen molar-refractivity contribution in [2.24, 2.45) is 0 Å². The molecule has 0 atom stereocenters. The van der Waals surface area contributed by atoms with Crippen LogP contribution in [0.3, 0.4) is 0 Å². The van der Waals surface area contributed by atoms with E-state index in [9.17, 15) is 0 Å². The molecule has 0 fully saturated rings. The van der Waals surface area contributed by atoms with E-state index in [1.165, 1.54) is 52.9 Å². The number of aromatic nitrogens is 5. The van der Waals surface area contributed by atoms with Gasteiger partial charge in [-0.1, -0.05) is 103 Å². The van der Waals surface area contributed by atoms with Gasteiger partial charge in [0.15, 0.2) is 11.6 Å². The Morgan fingerprint density at radius 1 is 0.385 bits per heavy atom. The van der Waals surface area contributed by atoms with E-state index >= 15 is 0 Å². The highest BCUT2D eigenvalue weighted by atomic mass is 32.1. The maximum atomic E-state index is 4.71. The predicted molar refractivity (Wildman–Crippen MR) is 216 cm³/mol. The van der Waals surface area contributed by atoms with Gasteiger partial charge in [0.05, 0.1) is 16.6 Å². The van der Waals surface area contributed by atoms with Gasteiger partial charge in [-0.2, -0.15) is 0 Å². The SMILES string of the molecule is c1ccc(-c2nnc(-c3ccccc3)n2-c2ccc(-n3c4cc5c(cc4c4ccc6c(ccn6-c6ccccc6)c43)sc3ccccc35)cc2)cc1. The Kier molecular flexibility index (Phi) is 6.35. The van der Waals surface area contributed by atoms with Crippen molar-refractivity contribution in [1.82, 2.24) is 23.9 Å². The monoisotopic (exact) mass is 683 g/mol. The Morgan fingerprint density at radius 2 is 1.00 bits per heavy atom. The molecule has 0 unspecified atom stereocenters. The van der Waals surface area contributed by atoms with Gasteiger partial charge in [0.25, 0.3) is 0 Å². The molecule has 5 nitrogen and oxygen atoms in total. The van der Waals surface area contributed by atoms with Crippen molar-refractivity contribution < 1.29 is 0 Å². The molecule has 11 rings (SSSR count). The van der Waals surface area contributed by atoms with Gasteiger partial charge in [0, 0.05) is 70.7 Å². The largest absolute Gasteiger partial charge is 0.316 e. The third kappa shape index (κ3) is 4.35. The van der Waals surface area contributed by atoms with Crippen molar-refractivity contribution >= 4 is 64.2 Å². The summed E-state index contributed by atoms with van der Waals surface area (Å²) in [5.74, 6) is 1.61. The number of thiophene rings is 1. The molecule has 0 bridgehead atoms. The lowest BCUT2D eigenvalue weighted by Crippen LogP contribution is -2.01. The Bertz CT molecular complexity index is 3040. The van der Waals surface area contributed by atoms with Gasteiger partial charge in [-0.25, -0.2) is 0 Å². The highest BCUT2D eigenvalue weighted by molar-refractivity contribution is 7.25. The molecule has 7 aromatic carbocycles. The van der Waals surface area contributed by atoms with Gasteiger partial charge in [-0.3, -0.25) is 4.57 Å². The third-order valence-corrected chi connectivity index (χ3v) is 11.4. The van der Waals surface area contributed by atoms with Crippen molar-refractivity contribution in [3.05, 3.63) is 176 Å². The van der Waals surface area contributed by atoms with E-state index < -0.39 is 0 Å². The number of hydrogen-bond acceptors (Lipinski definition) is 3. The fourth-order valence-electron chi connectivity index (χ4n) is 7.85. The Morgan fingerprint density at radius 3 is 1.69 bits per heavy atom. The van der Waals surface area contributed by atoms with E-state index in [0.717, 1.165) is 39.8 Å². The molecular formula is C46H29N5S. The molecule has 244 valence electrons. The number of nitrogens with zero attached hydrogens (tertiary/aromatic N) is 5. The first-order valence-electron chi connectivity index (χ1n) is 17.4. The van der Waals surface area contributed by atoms with Crippen LogP contribution >= 0.6 is 11.3 Å². The molecule has 0 saturated heterocycles. The van der Waals surface area contributed by atoms with E-state index in [1.807, 2.05) is 47.7 Å². The highest BCUT2D eigenvalue weighted by Crippen LogP contribution is 2.43. The normalized spacial score (nSPS) is 11.8. The molecule has 4 aromatic heterocycles. The molecule has 52 heavy (non-hydrogen) atoms. The van der Waals surface area contributed by atoms with Crippen molar-refractivity contribution in [1.29, 1.82) is 0 Å². The molecule has 6 heteroatoms. The summed E-state index contributed by atoms with van der Waals surface area (Å²) in [6.07, 6.45) is 2.19. The molecule has 0 saturated carbocycles. The summed E-state index contributed by atoms with van der Waals surface area (Å²) in [6, 6.07) is 60.4. The molecule has 0 aliphatic rings. The van der Waals surface area contributed by atoms with Gasteiger partial charge in [-0.15, -0.1) is 21.5 Å². The smallest absolute Gasteiger partial charge is 0.168 e. The summed E-state index contributed by atoms with van der Waals surface area (Å²) < 4.78 is 9.53. The Labute approximate surface area is 302 Å². The van der Waals surface area contributed by atoms with Crippen molar-refractivity contribution in [3.63, 3.8) is 0 Å². The number of benzene rings is 7. The maximum Gasteiger partial charge on any atom is 0.168 e. The lowest BCUT2D eigenvalue weighted by Gasteiger charge is -2.14. The zero-order chi connectivity index (χ0) is 34.2. The van der Waals surface area contributed by atoms with Crippen LogP contribution in [0.5, 0.6) is 0 Å². The van der Waals surface area contributed by atoms with E-state index in [-0.39, 0.29) is 0 Å². The van der Waals surface area contributed by atoms with Crippen LogP contribution in [0.25, 0.3) is 92.7 Å². The number of fused-ring (bicyclic) bond motifs is 8. The maximum absolute atomic E-state index is 4.71. The fourth-order valence-corrected chi connectivity index (χ4v) is 8.98. The second-order valence-electron chi connectivity index (χ2n) is 13.1. The second kappa shape index (κ2) is 11.4. The molecule has 0 N–H and O–H groups in total. The summed E-state index contributed by atoms with van der Waals surface area (Å²) in [6.45, 7) is 0. The lowest BCUT2D eigenvalue weighted by molar-refractivity contribution is 1.07. The molecule has 0 aliphatic carbocycles. The van der Waals surface area contributed by atoms with E-state index in [2.05, 4.69) is 153 Å². The molecule has 4 heterocycles. The van der Waals surface area contributed by atoms with Crippen LogP contribution in [0.1, 0.15) is 0 Å². The van der Waals surface area contributed by atoms with Crippen LogP contribution in [0.2, 0.25) is 0 Å².